The average Bonchev–Trinajstić information content (AvgIpc) is 3.30. The van der Waals surface area contributed by atoms with Gasteiger partial charge in [0.2, 0.25) is 0 Å². The molecule has 0 fully saturated rings. The van der Waals surface area contributed by atoms with E-state index < -0.39 is 0 Å². The van der Waals surface area contributed by atoms with E-state index in [-0.39, 0.29) is 5.41 Å². The molecule has 6 rings (SSSR count). The molecule has 0 bridgehead atoms. The van der Waals surface area contributed by atoms with Crippen LogP contribution in [0.3, 0.4) is 0 Å². The van der Waals surface area contributed by atoms with Gasteiger partial charge in [0.05, 0.1) is 0 Å². The van der Waals surface area contributed by atoms with Gasteiger partial charge in [0.25, 0.3) is 0 Å². The molecule has 5 aromatic rings. The minimum Gasteiger partial charge on any atom is -0.507 e. The molecule has 0 saturated carbocycles. The van der Waals surface area contributed by atoms with E-state index in [4.69, 9.17) is 0 Å². The number of phenols is 1. The van der Waals surface area contributed by atoms with Crippen molar-refractivity contribution in [2.45, 2.75) is 57.8 Å². The van der Waals surface area contributed by atoms with Crippen molar-refractivity contribution in [3.63, 3.8) is 0 Å². The van der Waals surface area contributed by atoms with Crippen LogP contribution in [0.4, 0.5) is 17.2 Å². The van der Waals surface area contributed by atoms with E-state index >= 15 is 0 Å². The Labute approximate surface area is 244 Å². The number of pyridine rings is 1. The number of hydrogen-bond acceptors (Lipinski definition) is 3. The van der Waals surface area contributed by atoms with Gasteiger partial charge >= 0.3 is 0 Å². The van der Waals surface area contributed by atoms with Crippen LogP contribution in [0.1, 0.15) is 63.5 Å². The Morgan fingerprint density at radius 1 is 0.659 bits per heavy atom. The number of para-hydroxylation sites is 1. The van der Waals surface area contributed by atoms with Crippen molar-refractivity contribution >= 4 is 17.2 Å². The van der Waals surface area contributed by atoms with Crippen LogP contribution in [0.25, 0.3) is 22.3 Å². The average molecular weight is 539 g/mol. The van der Waals surface area contributed by atoms with Crippen LogP contribution in [-0.4, -0.2) is 10.1 Å². The molecule has 0 spiro atoms. The summed E-state index contributed by atoms with van der Waals surface area (Å²) in [5.74, 6) is 1.26. The summed E-state index contributed by atoms with van der Waals surface area (Å²) < 4.78 is 0. The molecule has 4 aromatic carbocycles. The number of rotatable bonds is 10. The summed E-state index contributed by atoms with van der Waals surface area (Å²) in [5.41, 5.74) is 9.23. The van der Waals surface area contributed by atoms with Crippen molar-refractivity contribution < 1.29 is 5.11 Å². The lowest BCUT2D eigenvalue weighted by atomic mass is 9.71. The number of aromatic hydroxyl groups is 1. The van der Waals surface area contributed by atoms with Gasteiger partial charge in [-0.05, 0) is 89.2 Å². The molecule has 3 nitrogen and oxygen atoms in total. The third-order valence-electron chi connectivity index (χ3n) is 8.61. The third kappa shape index (κ3) is 4.91. The SMILES string of the molecule is CCCCC1(CCCC)c2ccc(-c3cccc(N(c4ccccc4)c4ccccn4)c3)cc2-c2c(O)cccc21. The van der Waals surface area contributed by atoms with Crippen LogP contribution < -0.4 is 4.90 Å². The zero-order chi connectivity index (χ0) is 28.2. The van der Waals surface area contributed by atoms with E-state index in [1.54, 1.807) is 0 Å². The monoisotopic (exact) mass is 538 g/mol. The molecule has 41 heavy (non-hydrogen) atoms. The van der Waals surface area contributed by atoms with Crippen molar-refractivity contribution in [1.82, 2.24) is 4.98 Å². The molecule has 0 radical (unpaired) electrons. The first-order valence-corrected chi connectivity index (χ1v) is 15.0. The molecular weight excluding hydrogens is 500 g/mol. The highest BCUT2D eigenvalue weighted by Crippen LogP contribution is 2.57. The standard InChI is InChI=1S/C38H38N2O/c1-3-5-23-38(24-6-4-2)33-22-21-29(27-32(33)37-34(38)18-13-19-35(37)41)28-14-12-17-31(26-28)40(30-15-8-7-9-16-30)36-20-10-11-25-39-36/h7-22,25-27,41H,3-6,23-24H2,1-2H3. The first-order valence-electron chi connectivity index (χ1n) is 15.0. The van der Waals surface area contributed by atoms with Gasteiger partial charge in [-0.25, -0.2) is 4.98 Å². The lowest BCUT2D eigenvalue weighted by Gasteiger charge is -2.32. The number of unbranched alkanes of at least 4 members (excludes halogenated alkanes) is 2. The van der Waals surface area contributed by atoms with Crippen LogP contribution in [-0.2, 0) is 5.41 Å². The number of benzene rings is 4. The van der Waals surface area contributed by atoms with E-state index in [2.05, 4.69) is 96.5 Å². The lowest BCUT2D eigenvalue weighted by Crippen LogP contribution is -2.25. The summed E-state index contributed by atoms with van der Waals surface area (Å²) in [7, 11) is 0. The molecule has 0 aliphatic heterocycles. The zero-order valence-electron chi connectivity index (χ0n) is 24.1. The zero-order valence-corrected chi connectivity index (χ0v) is 24.1. The van der Waals surface area contributed by atoms with E-state index in [0.29, 0.717) is 5.75 Å². The molecule has 0 atom stereocenters. The summed E-state index contributed by atoms with van der Waals surface area (Å²) in [4.78, 5) is 6.87. The number of hydrogen-bond donors (Lipinski definition) is 1. The number of phenolic OH excluding ortho intramolecular Hbond substituents is 1. The Morgan fingerprint density at radius 3 is 2.10 bits per heavy atom. The smallest absolute Gasteiger partial charge is 0.137 e. The summed E-state index contributed by atoms with van der Waals surface area (Å²) in [5, 5.41) is 11.2. The van der Waals surface area contributed by atoms with Crippen LogP contribution in [0.15, 0.2) is 115 Å². The Balaban J connectivity index is 1.47. The normalized spacial score (nSPS) is 13.0. The molecule has 0 saturated heterocycles. The van der Waals surface area contributed by atoms with Gasteiger partial charge in [-0.1, -0.05) is 100 Å². The molecular formula is C38H38N2O. The second-order valence-electron chi connectivity index (χ2n) is 11.2. The lowest BCUT2D eigenvalue weighted by molar-refractivity contribution is 0.412. The number of aromatic nitrogens is 1. The molecule has 1 heterocycles. The summed E-state index contributed by atoms with van der Waals surface area (Å²) in [6, 6.07) is 38.1. The fourth-order valence-electron chi connectivity index (χ4n) is 6.64. The molecule has 1 aromatic heterocycles. The Bertz CT molecular complexity index is 1580. The van der Waals surface area contributed by atoms with Gasteiger partial charge in [0, 0.05) is 28.6 Å². The molecule has 0 unspecified atom stereocenters. The molecule has 1 aliphatic carbocycles. The Kier molecular flexibility index (Phi) is 7.61. The maximum absolute atomic E-state index is 11.2. The Hall–Kier alpha value is -4.37. The molecule has 1 aliphatic rings. The first-order chi connectivity index (χ1) is 20.2. The predicted octanol–water partition coefficient (Wildman–Crippen LogP) is 10.6. The Morgan fingerprint density at radius 2 is 1.37 bits per heavy atom. The van der Waals surface area contributed by atoms with E-state index in [9.17, 15) is 5.11 Å². The predicted molar refractivity (Wildman–Crippen MR) is 171 cm³/mol. The number of nitrogens with zero attached hydrogens (tertiary/aromatic N) is 2. The highest BCUT2D eigenvalue weighted by molar-refractivity contribution is 5.88. The summed E-state index contributed by atoms with van der Waals surface area (Å²) in [6.45, 7) is 4.54. The topological polar surface area (TPSA) is 36.4 Å². The molecule has 1 N–H and O–H groups in total. The maximum Gasteiger partial charge on any atom is 0.137 e. The number of fused-ring (bicyclic) bond motifs is 3. The van der Waals surface area contributed by atoms with Crippen LogP contribution in [0.2, 0.25) is 0 Å². The fraction of sp³-hybridized carbons (Fsp3) is 0.237. The molecule has 0 amide bonds. The maximum atomic E-state index is 11.2. The van der Waals surface area contributed by atoms with Gasteiger partial charge in [0.1, 0.15) is 11.6 Å². The van der Waals surface area contributed by atoms with Crippen molar-refractivity contribution in [2.75, 3.05) is 4.90 Å². The summed E-state index contributed by atoms with van der Waals surface area (Å²) in [6.07, 6.45) is 8.72. The minimum atomic E-state index is -0.0428. The quantitative estimate of drug-likeness (QED) is 0.192. The number of anilines is 3. The van der Waals surface area contributed by atoms with Gasteiger partial charge in [-0.2, -0.15) is 0 Å². The van der Waals surface area contributed by atoms with Crippen LogP contribution >= 0.6 is 0 Å². The van der Waals surface area contributed by atoms with Gasteiger partial charge in [-0.3, -0.25) is 4.90 Å². The van der Waals surface area contributed by atoms with Gasteiger partial charge in [0.15, 0.2) is 0 Å². The largest absolute Gasteiger partial charge is 0.507 e. The van der Waals surface area contributed by atoms with Crippen LogP contribution in [0, 0.1) is 0 Å². The van der Waals surface area contributed by atoms with Crippen molar-refractivity contribution in [3.8, 4) is 28.0 Å². The summed E-state index contributed by atoms with van der Waals surface area (Å²) >= 11 is 0. The van der Waals surface area contributed by atoms with Crippen molar-refractivity contribution in [2.24, 2.45) is 0 Å². The van der Waals surface area contributed by atoms with Crippen molar-refractivity contribution in [1.29, 1.82) is 0 Å². The van der Waals surface area contributed by atoms with E-state index in [1.807, 2.05) is 42.6 Å². The molecule has 3 heteroatoms. The van der Waals surface area contributed by atoms with E-state index in [1.165, 1.54) is 29.5 Å². The minimum absolute atomic E-state index is 0.0428. The van der Waals surface area contributed by atoms with Crippen molar-refractivity contribution in [3.05, 3.63) is 127 Å². The second-order valence-corrected chi connectivity index (χ2v) is 11.2. The highest BCUT2D eigenvalue weighted by Gasteiger charge is 2.43. The highest BCUT2D eigenvalue weighted by atomic mass is 16.3. The van der Waals surface area contributed by atoms with Gasteiger partial charge < -0.3 is 5.11 Å². The molecule has 206 valence electrons. The first kappa shape index (κ1) is 26.8. The van der Waals surface area contributed by atoms with Gasteiger partial charge in [-0.15, -0.1) is 0 Å². The third-order valence-corrected chi connectivity index (χ3v) is 8.61. The fourth-order valence-corrected chi connectivity index (χ4v) is 6.64. The van der Waals surface area contributed by atoms with Crippen LogP contribution in [0.5, 0.6) is 5.75 Å². The van der Waals surface area contributed by atoms with E-state index in [0.717, 1.165) is 59.6 Å². The second kappa shape index (κ2) is 11.6.